The van der Waals surface area contributed by atoms with Crippen molar-refractivity contribution in [3.05, 3.63) is 33.1 Å². The zero-order valence-corrected chi connectivity index (χ0v) is 10.6. The lowest BCUT2D eigenvalue weighted by atomic mass is 10.2. The van der Waals surface area contributed by atoms with Crippen molar-refractivity contribution in [1.82, 2.24) is 9.88 Å². The van der Waals surface area contributed by atoms with Crippen molar-refractivity contribution in [2.24, 2.45) is 0 Å². The van der Waals surface area contributed by atoms with Crippen molar-refractivity contribution in [3.8, 4) is 0 Å². The summed E-state index contributed by atoms with van der Waals surface area (Å²) in [7, 11) is 0. The van der Waals surface area contributed by atoms with Crippen LogP contribution in [0.15, 0.2) is 12.3 Å². The predicted octanol–water partition coefficient (Wildman–Crippen LogP) is 2.27. The Balaban J connectivity index is 2.40. The zero-order valence-electron chi connectivity index (χ0n) is 9.80. The molecule has 1 aliphatic carbocycles. The van der Waals surface area contributed by atoms with Crippen LogP contribution < -0.4 is 0 Å². The fraction of sp³-hybridized carbons (Fsp3) is 0.455. The first-order chi connectivity index (χ1) is 8.56. The molecule has 0 bridgehead atoms. The van der Waals surface area contributed by atoms with Crippen LogP contribution in [-0.4, -0.2) is 33.3 Å². The summed E-state index contributed by atoms with van der Waals surface area (Å²) in [4.78, 5) is 27.8. The summed E-state index contributed by atoms with van der Waals surface area (Å²) in [5.41, 5.74) is -0.406. The second-order valence-electron chi connectivity index (χ2n) is 4.08. The molecule has 1 heterocycles. The normalized spacial score (nSPS) is 14.3. The lowest BCUT2D eigenvalue weighted by molar-refractivity contribution is -0.385. The number of carbonyl (C=O) groups excluding carboxylic acids is 1. The summed E-state index contributed by atoms with van der Waals surface area (Å²) >= 11 is 5.69. The molecule has 0 saturated heterocycles. The van der Waals surface area contributed by atoms with Gasteiger partial charge in [-0.1, -0.05) is 11.6 Å². The highest BCUT2D eigenvalue weighted by molar-refractivity contribution is 6.32. The van der Waals surface area contributed by atoms with Crippen molar-refractivity contribution in [2.45, 2.75) is 25.8 Å². The molecule has 1 amide bonds. The number of hydrogen-bond donors (Lipinski definition) is 0. The highest BCUT2D eigenvalue weighted by Crippen LogP contribution is 2.32. The van der Waals surface area contributed by atoms with Crippen LogP contribution in [0.2, 0.25) is 5.15 Å². The molecule has 6 nitrogen and oxygen atoms in total. The standard InChI is InChI=1S/C11H12ClN3O3/c1-2-14(7-3-4-7)11(16)8-5-6-13-10(12)9(8)15(17)18/h5-7H,2-4H2,1H3. The van der Waals surface area contributed by atoms with Crippen molar-refractivity contribution in [1.29, 1.82) is 0 Å². The fourth-order valence-corrected chi connectivity index (χ4v) is 2.11. The van der Waals surface area contributed by atoms with Gasteiger partial charge in [0.15, 0.2) is 0 Å². The van der Waals surface area contributed by atoms with E-state index in [1.807, 2.05) is 6.92 Å². The highest BCUT2D eigenvalue weighted by Gasteiger charge is 2.35. The predicted molar refractivity (Wildman–Crippen MR) is 65.6 cm³/mol. The van der Waals surface area contributed by atoms with Gasteiger partial charge >= 0.3 is 5.69 Å². The molecule has 0 aromatic carbocycles. The quantitative estimate of drug-likeness (QED) is 0.477. The minimum atomic E-state index is -0.663. The summed E-state index contributed by atoms with van der Waals surface area (Å²) in [6, 6.07) is 1.55. The minimum absolute atomic E-state index is 0.00810. The number of carbonyl (C=O) groups is 1. The van der Waals surface area contributed by atoms with E-state index in [-0.39, 0.29) is 22.7 Å². The lowest BCUT2D eigenvalue weighted by Gasteiger charge is -2.20. The number of rotatable bonds is 4. The average Bonchev–Trinajstić information content (AvgIpc) is 3.13. The van der Waals surface area contributed by atoms with Gasteiger partial charge in [-0.25, -0.2) is 4.98 Å². The number of aromatic nitrogens is 1. The van der Waals surface area contributed by atoms with E-state index in [1.54, 1.807) is 4.90 Å². The van der Waals surface area contributed by atoms with Crippen molar-refractivity contribution in [2.75, 3.05) is 6.54 Å². The first kappa shape index (κ1) is 12.8. The molecule has 1 aromatic rings. The van der Waals surface area contributed by atoms with Crippen molar-refractivity contribution in [3.63, 3.8) is 0 Å². The van der Waals surface area contributed by atoms with Gasteiger partial charge in [0.1, 0.15) is 5.56 Å². The smallest absolute Gasteiger partial charge is 0.319 e. The highest BCUT2D eigenvalue weighted by atomic mass is 35.5. The van der Waals surface area contributed by atoms with E-state index in [0.29, 0.717) is 6.54 Å². The molecule has 0 aliphatic heterocycles. The Morgan fingerprint density at radius 2 is 2.33 bits per heavy atom. The van der Waals surface area contributed by atoms with E-state index in [1.165, 1.54) is 12.3 Å². The first-order valence-electron chi connectivity index (χ1n) is 5.66. The third-order valence-corrected chi connectivity index (χ3v) is 3.16. The van der Waals surface area contributed by atoms with Gasteiger partial charge in [0.25, 0.3) is 5.91 Å². The zero-order chi connectivity index (χ0) is 13.3. The Kier molecular flexibility index (Phi) is 3.47. The lowest BCUT2D eigenvalue weighted by Crippen LogP contribution is -2.33. The molecule has 1 fully saturated rings. The van der Waals surface area contributed by atoms with Gasteiger partial charge in [0.05, 0.1) is 4.92 Å². The number of nitrogens with zero attached hydrogens (tertiary/aromatic N) is 3. The third kappa shape index (κ3) is 2.28. The second-order valence-corrected chi connectivity index (χ2v) is 4.44. The number of amides is 1. The van der Waals surface area contributed by atoms with Gasteiger partial charge in [-0.15, -0.1) is 0 Å². The maximum Gasteiger partial charge on any atom is 0.319 e. The molecule has 1 saturated carbocycles. The van der Waals surface area contributed by atoms with Crippen LogP contribution in [0.25, 0.3) is 0 Å². The number of halogens is 1. The third-order valence-electron chi connectivity index (χ3n) is 2.88. The van der Waals surface area contributed by atoms with E-state index >= 15 is 0 Å². The largest absolute Gasteiger partial charge is 0.336 e. The Bertz CT molecular complexity index is 502. The van der Waals surface area contributed by atoms with E-state index in [4.69, 9.17) is 11.6 Å². The fourth-order valence-electron chi connectivity index (χ4n) is 1.88. The van der Waals surface area contributed by atoms with Crippen LogP contribution in [0.5, 0.6) is 0 Å². The molecule has 0 atom stereocenters. The summed E-state index contributed by atoms with van der Waals surface area (Å²) in [5, 5.41) is 10.7. The van der Waals surface area contributed by atoms with Crippen LogP contribution in [0.4, 0.5) is 5.69 Å². The molecule has 0 spiro atoms. The monoisotopic (exact) mass is 269 g/mol. The maximum atomic E-state index is 12.3. The van der Waals surface area contributed by atoms with Crippen molar-refractivity contribution < 1.29 is 9.72 Å². The first-order valence-corrected chi connectivity index (χ1v) is 6.04. The van der Waals surface area contributed by atoms with Crippen molar-refractivity contribution >= 4 is 23.2 Å². The number of pyridine rings is 1. The molecule has 7 heteroatoms. The van der Waals surface area contributed by atoms with Gasteiger partial charge in [0.2, 0.25) is 5.15 Å². The van der Waals surface area contributed by atoms with Gasteiger partial charge in [-0.05, 0) is 25.8 Å². The average molecular weight is 270 g/mol. The maximum absolute atomic E-state index is 12.3. The summed E-state index contributed by atoms with van der Waals surface area (Å²) < 4.78 is 0. The van der Waals surface area contributed by atoms with Crippen LogP contribution in [0.1, 0.15) is 30.1 Å². The molecular weight excluding hydrogens is 258 g/mol. The van der Waals surface area contributed by atoms with Crippen LogP contribution in [0, 0.1) is 10.1 Å². The topological polar surface area (TPSA) is 76.3 Å². The minimum Gasteiger partial charge on any atom is -0.336 e. The molecule has 0 unspecified atom stereocenters. The second kappa shape index (κ2) is 4.89. The molecule has 1 aliphatic rings. The molecule has 1 aromatic heterocycles. The Morgan fingerprint density at radius 1 is 1.67 bits per heavy atom. The van der Waals surface area contributed by atoms with Gasteiger partial charge in [-0.3, -0.25) is 14.9 Å². The van der Waals surface area contributed by atoms with E-state index < -0.39 is 10.6 Å². The van der Waals surface area contributed by atoms with E-state index in [0.717, 1.165) is 12.8 Å². The van der Waals surface area contributed by atoms with Gasteiger partial charge < -0.3 is 4.90 Å². The molecule has 0 radical (unpaired) electrons. The molecule has 96 valence electrons. The van der Waals surface area contributed by atoms with Crippen LogP contribution in [-0.2, 0) is 0 Å². The molecule has 0 N–H and O–H groups in total. The van der Waals surface area contributed by atoms with Crippen LogP contribution >= 0.6 is 11.6 Å². The summed E-state index contributed by atoms with van der Waals surface area (Å²) in [6.45, 7) is 2.38. The summed E-state index contributed by atoms with van der Waals surface area (Å²) in [5.74, 6) is -0.351. The summed E-state index contributed by atoms with van der Waals surface area (Å²) in [6.07, 6.45) is 3.21. The molecular formula is C11H12ClN3O3. The SMILES string of the molecule is CCN(C(=O)c1ccnc(Cl)c1[N+](=O)[O-])C1CC1. The number of nitro groups is 1. The molecule has 18 heavy (non-hydrogen) atoms. The van der Waals surface area contributed by atoms with E-state index in [9.17, 15) is 14.9 Å². The number of hydrogen-bond acceptors (Lipinski definition) is 4. The Labute approximate surface area is 109 Å². The Morgan fingerprint density at radius 3 is 2.83 bits per heavy atom. The van der Waals surface area contributed by atoms with E-state index in [2.05, 4.69) is 4.98 Å². The van der Waals surface area contributed by atoms with Gasteiger partial charge in [0, 0.05) is 18.8 Å². The molecule has 2 rings (SSSR count). The van der Waals surface area contributed by atoms with Gasteiger partial charge in [-0.2, -0.15) is 0 Å². The van der Waals surface area contributed by atoms with Crippen LogP contribution in [0.3, 0.4) is 0 Å². The Hall–Kier alpha value is -1.69.